The Morgan fingerprint density at radius 3 is 2.47 bits per heavy atom. The number of hydrogen-bond donors (Lipinski definition) is 0. The zero-order valence-electron chi connectivity index (χ0n) is 9.97. The summed E-state index contributed by atoms with van der Waals surface area (Å²) in [5.74, 6) is 0.0195. The molecular formula is C16H16O. The third-order valence-electron chi connectivity index (χ3n) is 2.16. The molecule has 1 rings (SSSR count). The molecule has 0 heterocycles. The van der Waals surface area contributed by atoms with Crippen molar-refractivity contribution in [1.82, 2.24) is 0 Å². The van der Waals surface area contributed by atoms with Gasteiger partial charge in [-0.25, -0.2) is 0 Å². The minimum Gasteiger partial charge on any atom is -0.289 e. The molecule has 1 aromatic rings. The van der Waals surface area contributed by atoms with Gasteiger partial charge in [-0.15, -0.1) is 0 Å². The van der Waals surface area contributed by atoms with Crippen LogP contribution in [0.3, 0.4) is 0 Å². The Kier molecular flexibility index (Phi) is 5.45. The van der Waals surface area contributed by atoms with Gasteiger partial charge in [-0.3, -0.25) is 4.79 Å². The summed E-state index contributed by atoms with van der Waals surface area (Å²) < 4.78 is 0. The Bertz CT molecular complexity index is 462. The molecule has 0 N–H and O–H groups in total. The predicted octanol–water partition coefficient (Wildman–Crippen LogP) is 4.11. The lowest BCUT2D eigenvalue weighted by atomic mass is 10.1. The third-order valence-corrected chi connectivity index (χ3v) is 2.16. The first-order valence-electron chi connectivity index (χ1n) is 5.47. The molecule has 0 saturated carbocycles. The maximum Gasteiger partial charge on any atom is 0.185 e. The van der Waals surface area contributed by atoms with Crippen LogP contribution in [0.15, 0.2) is 78.9 Å². The van der Waals surface area contributed by atoms with E-state index in [4.69, 9.17) is 0 Å². The zero-order chi connectivity index (χ0) is 12.5. The molecule has 0 fully saturated rings. The van der Waals surface area contributed by atoms with Gasteiger partial charge in [0.1, 0.15) is 0 Å². The van der Waals surface area contributed by atoms with E-state index in [1.54, 1.807) is 12.2 Å². The fraction of sp³-hybridized carbons (Fsp3) is 0.0625. The Morgan fingerprint density at radius 2 is 1.82 bits per heavy atom. The first-order valence-corrected chi connectivity index (χ1v) is 5.47. The van der Waals surface area contributed by atoms with Crippen LogP contribution in [0.5, 0.6) is 0 Å². The van der Waals surface area contributed by atoms with Crippen LogP contribution in [-0.2, 0) is 0 Å². The van der Waals surface area contributed by atoms with Crippen LogP contribution >= 0.6 is 0 Å². The van der Waals surface area contributed by atoms with E-state index in [2.05, 4.69) is 6.58 Å². The Hall–Kier alpha value is -2.15. The molecule has 0 aliphatic heterocycles. The quantitative estimate of drug-likeness (QED) is 0.418. The summed E-state index contributed by atoms with van der Waals surface area (Å²) in [5.41, 5.74) is 1.73. The summed E-state index contributed by atoms with van der Waals surface area (Å²) in [6.07, 6.45) is 10.8. The molecule has 17 heavy (non-hydrogen) atoms. The van der Waals surface area contributed by atoms with Gasteiger partial charge >= 0.3 is 0 Å². The second kappa shape index (κ2) is 7.18. The van der Waals surface area contributed by atoms with Gasteiger partial charge in [0, 0.05) is 5.56 Å². The van der Waals surface area contributed by atoms with Crippen molar-refractivity contribution in [3.05, 3.63) is 84.5 Å². The van der Waals surface area contributed by atoms with Crippen molar-refractivity contribution in [2.75, 3.05) is 0 Å². The molecule has 0 bridgehead atoms. The smallest absolute Gasteiger partial charge is 0.185 e. The molecule has 0 aliphatic carbocycles. The summed E-state index contributed by atoms with van der Waals surface area (Å²) in [6.45, 7) is 5.53. The fourth-order valence-electron chi connectivity index (χ4n) is 1.25. The highest BCUT2D eigenvalue weighted by molar-refractivity contribution is 6.04. The monoisotopic (exact) mass is 224 g/mol. The molecule has 86 valence electrons. The molecule has 0 radical (unpaired) electrons. The molecule has 1 nitrogen and oxygen atoms in total. The number of ketones is 1. The molecule has 1 heteroatoms. The second-order valence-corrected chi connectivity index (χ2v) is 3.59. The lowest BCUT2D eigenvalue weighted by Crippen LogP contribution is -1.92. The Balaban J connectivity index is 2.66. The number of rotatable bonds is 5. The molecule has 0 saturated heterocycles. The van der Waals surface area contributed by atoms with Crippen LogP contribution in [0, 0.1) is 0 Å². The van der Waals surface area contributed by atoms with Gasteiger partial charge in [-0.1, -0.05) is 72.9 Å². The standard InChI is InChI=1S/C16H16O/c1-3-4-6-9-14(2)12-13-16(17)15-10-7-5-8-11-15/h3-13H,1H2,2H3/b6-4-,13-12+,14-9+. The van der Waals surface area contributed by atoms with Crippen LogP contribution in [0.1, 0.15) is 17.3 Å². The van der Waals surface area contributed by atoms with E-state index in [0.29, 0.717) is 5.56 Å². The molecule has 0 atom stereocenters. The van der Waals surface area contributed by atoms with Gasteiger partial charge in [0.15, 0.2) is 5.78 Å². The van der Waals surface area contributed by atoms with E-state index in [1.165, 1.54) is 0 Å². The van der Waals surface area contributed by atoms with E-state index in [0.717, 1.165) is 5.57 Å². The van der Waals surface area contributed by atoms with Crippen molar-refractivity contribution in [1.29, 1.82) is 0 Å². The SMILES string of the molecule is C=C\C=C/C=C(C)/C=C/C(=O)c1ccccc1. The van der Waals surface area contributed by atoms with Crippen molar-refractivity contribution < 1.29 is 4.79 Å². The average Bonchev–Trinajstić information content (AvgIpc) is 2.37. The lowest BCUT2D eigenvalue weighted by Gasteiger charge is -1.94. The van der Waals surface area contributed by atoms with Crippen LogP contribution < -0.4 is 0 Å². The van der Waals surface area contributed by atoms with E-state index in [1.807, 2.05) is 61.6 Å². The van der Waals surface area contributed by atoms with Crippen LogP contribution in [0.2, 0.25) is 0 Å². The largest absolute Gasteiger partial charge is 0.289 e. The zero-order valence-corrected chi connectivity index (χ0v) is 9.97. The highest BCUT2D eigenvalue weighted by atomic mass is 16.1. The number of benzene rings is 1. The van der Waals surface area contributed by atoms with Crippen LogP contribution in [0.4, 0.5) is 0 Å². The van der Waals surface area contributed by atoms with E-state index in [9.17, 15) is 4.79 Å². The van der Waals surface area contributed by atoms with Gasteiger partial charge in [0.05, 0.1) is 0 Å². The van der Waals surface area contributed by atoms with Gasteiger partial charge in [0.25, 0.3) is 0 Å². The van der Waals surface area contributed by atoms with E-state index >= 15 is 0 Å². The van der Waals surface area contributed by atoms with Crippen LogP contribution in [0.25, 0.3) is 0 Å². The van der Waals surface area contributed by atoms with Gasteiger partial charge < -0.3 is 0 Å². The van der Waals surface area contributed by atoms with Crippen molar-refractivity contribution in [3.8, 4) is 0 Å². The molecule has 0 aliphatic rings. The van der Waals surface area contributed by atoms with Gasteiger partial charge in [-0.2, -0.15) is 0 Å². The predicted molar refractivity (Wildman–Crippen MR) is 73.0 cm³/mol. The third kappa shape index (κ3) is 4.94. The summed E-state index contributed by atoms with van der Waals surface area (Å²) in [5, 5.41) is 0. The highest BCUT2D eigenvalue weighted by Gasteiger charge is 1.98. The molecule has 0 unspecified atom stereocenters. The second-order valence-electron chi connectivity index (χ2n) is 3.59. The number of carbonyl (C=O) groups excluding carboxylic acids is 1. The fourth-order valence-corrected chi connectivity index (χ4v) is 1.25. The van der Waals surface area contributed by atoms with Crippen LogP contribution in [-0.4, -0.2) is 5.78 Å². The first kappa shape index (κ1) is 12.9. The van der Waals surface area contributed by atoms with Crippen molar-refractivity contribution in [2.45, 2.75) is 6.92 Å². The maximum absolute atomic E-state index is 11.7. The van der Waals surface area contributed by atoms with Crippen molar-refractivity contribution in [3.63, 3.8) is 0 Å². The molecular weight excluding hydrogens is 208 g/mol. The summed E-state index contributed by atoms with van der Waals surface area (Å²) in [7, 11) is 0. The van der Waals surface area contributed by atoms with E-state index < -0.39 is 0 Å². The van der Waals surface area contributed by atoms with Crippen molar-refractivity contribution in [2.24, 2.45) is 0 Å². The van der Waals surface area contributed by atoms with E-state index in [-0.39, 0.29) is 5.78 Å². The first-order chi connectivity index (χ1) is 8.24. The molecule has 1 aromatic carbocycles. The molecule has 0 spiro atoms. The Morgan fingerprint density at radius 1 is 1.12 bits per heavy atom. The summed E-state index contributed by atoms with van der Waals surface area (Å²) in [4.78, 5) is 11.7. The highest BCUT2D eigenvalue weighted by Crippen LogP contribution is 2.03. The average molecular weight is 224 g/mol. The number of allylic oxidation sites excluding steroid dienone is 7. The van der Waals surface area contributed by atoms with Gasteiger partial charge in [0.2, 0.25) is 0 Å². The number of carbonyl (C=O) groups is 1. The minimum atomic E-state index is 0.0195. The van der Waals surface area contributed by atoms with Crippen molar-refractivity contribution >= 4 is 5.78 Å². The summed E-state index contributed by atoms with van der Waals surface area (Å²) >= 11 is 0. The number of hydrogen-bond acceptors (Lipinski definition) is 1. The topological polar surface area (TPSA) is 17.1 Å². The normalized spacial score (nSPS) is 12.2. The molecule has 0 aromatic heterocycles. The van der Waals surface area contributed by atoms with Gasteiger partial charge in [-0.05, 0) is 13.0 Å². The summed E-state index contributed by atoms with van der Waals surface area (Å²) in [6, 6.07) is 9.23. The minimum absolute atomic E-state index is 0.0195. The lowest BCUT2D eigenvalue weighted by molar-refractivity contribution is 0.104. The molecule has 0 amide bonds. The maximum atomic E-state index is 11.7. The Labute approximate surface area is 102 Å².